The number of morpholine rings is 1. The van der Waals surface area contributed by atoms with Crippen molar-refractivity contribution < 1.29 is 14.3 Å². The number of hydrogen-bond acceptors (Lipinski definition) is 4. The van der Waals surface area contributed by atoms with Gasteiger partial charge in [-0.3, -0.25) is 9.59 Å². The van der Waals surface area contributed by atoms with E-state index in [0.29, 0.717) is 12.1 Å². The summed E-state index contributed by atoms with van der Waals surface area (Å²) in [5.41, 5.74) is 6.41. The first-order chi connectivity index (χ1) is 10.4. The molecule has 1 fully saturated rings. The maximum atomic E-state index is 12.6. The monoisotopic (exact) mass is 302 g/mol. The Morgan fingerprint density at radius 3 is 2.95 bits per heavy atom. The second-order valence-electron chi connectivity index (χ2n) is 5.72. The summed E-state index contributed by atoms with van der Waals surface area (Å²) in [5, 5.41) is 0. The van der Waals surface area contributed by atoms with Crippen LogP contribution in [0.2, 0.25) is 0 Å². The van der Waals surface area contributed by atoms with E-state index in [1.807, 2.05) is 6.92 Å². The van der Waals surface area contributed by atoms with Gasteiger partial charge in [0.1, 0.15) is 5.82 Å². The normalized spacial score (nSPS) is 22.0. The van der Waals surface area contributed by atoms with Gasteiger partial charge in [-0.1, -0.05) is 0 Å². The Bertz CT molecular complexity index is 754. The number of nitrogens with one attached hydrogen (secondary N) is 1. The average molecular weight is 302 g/mol. The molecule has 2 heterocycles. The zero-order chi connectivity index (χ0) is 15.9. The number of aromatic nitrogens is 2. The highest BCUT2D eigenvalue weighted by molar-refractivity contribution is 5.98. The van der Waals surface area contributed by atoms with Crippen LogP contribution in [0, 0.1) is 6.92 Å². The third-order valence-corrected chi connectivity index (χ3v) is 3.93. The van der Waals surface area contributed by atoms with E-state index in [4.69, 9.17) is 10.5 Å². The molecule has 1 atom stereocenters. The number of ether oxygens (including phenoxy) is 1. The highest BCUT2D eigenvalue weighted by Gasteiger charge is 2.39. The van der Waals surface area contributed by atoms with Crippen LogP contribution in [-0.4, -0.2) is 52.0 Å². The number of carbonyl (C=O) groups excluding carboxylic acids is 2. The summed E-state index contributed by atoms with van der Waals surface area (Å²) in [6, 6.07) is 5.32. The predicted octanol–water partition coefficient (Wildman–Crippen LogP) is 0.588. The van der Waals surface area contributed by atoms with Crippen molar-refractivity contribution in [3.8, 4) is 0 Å². The van der Waals surface area contributed by atoms with E-state index in [1.54, 1.807) is 30.0 Å². The fraction of sp³-hybridized carbons (Fsp3) is 0.400. The lowest BCUT2D eigenvalue weighted by molar-refractivity contribution is -0.150. The molecule has 1 aromatic heterocycles. The van der Waals surface area contributed by atoms with Crippen molar-refractivity contribution in [2.24, 2.45) is 5.73 Å². The summed E-state index contributed by atoms with van der Waals surface area (Å²) in [6.07, 6.45) is 0. The molecular formula is C15H18N4O3. The smallest absolute Gasteiger partial charge is 0.254 e. The number of hydrogen-bond donors (Lipinski definition) is 2. The number of amides is 2. The van der Waals surface area contributed by atoms with Crippen LogP contribution in [0.25, 0.3) is 11.0 Å². The Morgan fingerprint density at radius 1 is 1.45 bits per heavy atom. The van der Waals surface area contributed by atoms with Crippen LogP contribution in [0.15, 0.2) is 18.2 Å². The molecule has 116 valence electrons. The number of fused-ring (bicyclic) bond motifs is 1. The van der Waals surface area contributed by atoms with Crippen LogP contribution in [0.1, 0.15) is 23.1 Å². The van der Waals surface area contributed by atoms with Gasteiger partial charge in [-0.15, -0.1) is 0 Å². The van der Waals surface area contributed by atoms with Crippen LogP contribution >= 0.6 is 0 Å². The molecule has 0 spiro atoms. The lowest BCUT2D eigenvalue weighted by atomic mass is 10.0. The topological polar surface area (TPSA) is 101 Å². The van der Waals surface area contributed by atoms with E-state index in [0.717, 1.165) is 16.9 Å². The maximum Gasteiger partial charge on any atom is 0.254 e. The van der Waals surface area contributed by atoms with Crippen LogP contribution in [0.4, 0.5) is 0 Å². The van der Waals surface area contributed by atoms with Crippen molar-refractivity contribution in [1.29, 1.82) is 0 Å². The van der Waals surface area contributed by atoms with E-state index in [2.05, 4.69) is 9.97 Å². The quantitative estimate of drug-likeness (QED) is 0.847. The molecule has 2 aromatic rings. The zero-order valence-corrected chi connectivity index (χ0v) is 12.5. The first kappa shape index (κ1) is 14.5. The van der Waals surface area contributed by atoms with Gasteiger partial charge >= 0.3 is 0 Å². The standard InChI is InChI=1S/C15H18N4O3/c1-9-17-11-4-3-10(7-12(11)18-9)13(20)19-5-6-22-15(2,8-19)14(16)21/h3-4,7H,5-6,8H2,1-2H3,(H2,16,21)(H,17,18). The molecular weight excluding hydrogens is 284 g/mol. The fourth-order valence-corrected chi connectivity index (χ4v) is 2.65. The van der Waals surface area contributed by atoms with Gasteiger partial charge in [0.25, 0.3) is 11.8 Å². The summed E-state index contributed by atoms with van der Waals surface area (Å²) >= 11 is 0. The highest BCUT2D eigenvalue weighted by atomic mass is 16.5. The van der Waals surface area contributed by atoms with E-state index in [1.165, 1.54) is 0 Å². The number of nitrogens with zero attached hydrogens (tertiary/aromatic N) is 2. The predicted molar refractivity (Wildman–Crippen MR) is 80.3 cm³/mol. The number of aryl methyl sites for hydroxylation is 1. The first-order valence-electron chi connectivity index (χ1n) is 7.08. The van der Waals surface area contributed by atoms with Gasteiger partial charge in [-0.05, 0) is 32.0 Å². The van der Waals surface area contributed by atoms with E-state index < -0.39 is 11.5 Å². The summed E-state index contributed by atoms with van der Waals surface area (Å²) < 4.78 is 5.43. The van der Waals surface area contributed by atoms with Crippen molar-refractivity contribution in [3.63, 3.8) is 0 Å². The molecule has 7 heteroatoms. The number of rotatable bonds is 2. The van der Waals surface area contributed by atoms with Gasteiger partial charge in [0.2, 0.25) is 0 Å². The molecule has 22 heavy (non-hydrogen) atoms. The number of benzene rings is 1. The van der Waals surface area contributed by atoms with Crippen molar-refractivity contribution in [2.75, 3.05) is 19.7 Å². The van der Waals surface area contributed by atoms with Crippen LogP contribution in [0.5, 0.6) is 0 Å². The van der Waals surface area contributed by atoms with Gasteiger partial charge in [0, 0.05) is 12.1 Å². The molecule has 1 aliphatic rings. The molecule has 3 rings (SSSR count). The van der Waals surface area contributed by atoms with Crippen molar-refractivity contribution in [1.82, 2.24) is 14.9 Å². The molecule has 1 aromatic carbocycles. The third-order valence-electron chi connectivity index (χ3n) is 3.93. The second-order valence-corrected chi connectivity index (χ2v) is 5.72. The molecule has 2 amide bonds. The number of H-pyrrole nitrogens is 1. The molecule has 1 saturated heterocycles. The zero-order valence-electron chi connectivity index (χ0n) is 12.5. The van der Waals surface area contributed by atoms with Gasteiger partial charge in [0.05, 0.1) is 24.2 Å². The molecule has 7 nitrogen and oxygen atoms in total. The molecule has 1 aliphatic heterocycles. The molecule has 3 N–H and O–H groups in total. The first-order valence-corrected chi connectivity index (χ1v) is 7.08. The van der Waals surface area contributed by atoms with Crippen LogP contribution in [-0.2, 0) is 9.53 Å². The Balaban J connectivity index is 1.87. The lowest BCUT2D eigenvalue weighted by Crippen LogP contribution is -2.58. The van der Waals surface area contributed by atoms with Gasteiger partial charge in [0.15, 0.2) is 5.60 Å². The molecule has 1 unspecified atom stereocenters. The maximum absolute atomic E-state index is 12.6. The third kappa shape index (κ3) is 2.43. The lowest BCUT2D eigenvalue weighted by Gasteiger charge is -2.38. The minimum absolute atomic E-state index is 0.148. The number of imidazole rings is 1. The summed E-state index contributed by atoms with van der Waals surface area (Å²) in [6.45, 7) is 4.34. The van der Waals surface area contributed by atoms with E-state index >= 15 is 0 Å². The summed E-state index contributed by atoms with van der Waals surface area (Å²) in [7, 11) is 0. The number of primary amides is 1. The van der Waals surface area contributed by atoms with E-state index in [-0.39, 0.29) is 19.1 Å². The number of carbonyl (C=O) groups is 2. The second kappa shape index (κ2) is 5.10. The van der Waals surface area contributed by atoms with Crippen molar-refractivity contribution >= 4 is 22.8 Å². The summed E-state index contributed by atoms with van der Waals surface area (Å²) in [4.78, 5) is 33.2. The van der Waals surface area contributed by atoms with Crippen molar-refractivity contribution in [2.45, 2.75) is 19.4 Å². The van der Waals surface area contributed by atoms with Crippen LogP contribution < -0.4 is 5.73 Å². The Kier molecular flexibility index (Phi) is 3.37. The molecule has 0 saturated carbocycles. The molecule has 0 radical (unpaired) electrons. The fourth-order valence-electron chi connectivity index (χ4n) is 2.65. The molecule has 0 aliphatic carbocycles. The van der Waals surface area contributed by atoms with Crippen molar-refractivity contribution in [3.05, 3.63) is 29.6 Å². The SMILES string of the molecule is Cc1nc2ccc(C(=O)N3CCOC(C)(C(N)=O)C3)cc2[nH]1. The average Bonchev–Trinajstić information content (AvgIpc) is 2.85. The minimum Gasteiger partial charge on any atom is -0.367 e. The largest absolute Gasteiger partial charge is 0.367 e. The van der Waals surface area contributed by atoms with Crippen LogP contribution in [0.3, 0.4) is 0 Å². The number of nitrogens with two attached hydrogens (primary N) is 1. The Labute approximate surface area is 127 Å². The molecule has 0 bridgehead atoms. The Hall–Kier alpha value is -2.41. The number of aromatic amines is 1. The van der Waals surface area contributed by atoms with E-state index in [9.17, 15) is 9.59 Å². The minimum atomic E-state index is -1.14. The van der Waals surface area contributed by atoms with Gasteiger partial charge in [-0.2, -0.15) is 0 Å². The van der Waals surface area contributed by atoms with Gasteiger partial charge < -0.3 is 20.4 Å². The van der Waals surface area contributed by atoms with Gasteiger partial charge in [-0.25, -0.2) is 4.98 Å². The highest BCUT2D eigenvalue weighted by Crippen LogP contribution is 2.20. The summed E-state index contributed by atoms with van der Waals surface area (Å²) in [5.74, 6) is 0.0850. The Morgan fingerprint density at radius 2 is 2.23 bits per heavy atom.